The minimum atomic E-state index is -1.46. The second-order valence-corrected chi connectivity index (χ2v) is 7.55. The third-order valence-corrected chi connectivity index (χ3v) is 3.76. The molecule has 7 nitrogen and oxygen atoms in total. The third-order valence-electron chi connectivity index (χ3n) is 3.76. The highest BCUT2D eigenvalue weighted by Gasteiger charge is 2.25. The number of ketones is 1. The number of aliphatic hydroxyl groups is 1. The lowest BCUT2D eigenvalue weighted by Gasteiger charge is -2.21. The summed E-state index contributed by atoms with van der Waals surface area (Å²) in [5.41, 5.74) is -1.24. The second-order valence-electron chi connectivity index (χ2n) is 7.55. The van der Waals surface area contributed by atoms with Gasteiger partial charge in [-0.1, -0.05) is 20.4 Å². The first-order valence-electron chi connectivity index (χ1n) is 9.00. The Morgan fingerprint density at radius 2 is 1.71 bits per heavy atom. The monoisotopic (exact) mass is 392 g/mol. The van der Waals surface area contributed by atoms with Crippen LogP contribution < -0.4 is 4.74 Å². The molecule has 1 atom stereocenters. The molecule has 0 aliphatic rings. The van der Waals surface area contributed by atoms with E-state index in [1.54, 1.807) is 24.3 Å². The first-order chi connectivity index (χ1) is 12.9. The van der Waals surface area contributed by atoms with E-state index in [4.69, 9.17) is 14.6 Å². The Balaban J connectivity index is 2.76. The van der Waals surface area contributed by atoms with Gasteiger partial charge in [-0.25, -0.2) is 4.79 Å². The van der Waals surface area contributed by atoms with Crippen LogP contribution in [0, 0.1) is 5.92 Å². The third kappa shape index (κ3) is 7.92. The van der Waals surface area contributed by atoms with Crippen molar-refractivity contribution in [1.29, 1.82) is 0 Å². The van der Waals surface area contributed by atoms with E-state index in [0.29, 0.717) is 17.7 Å². The summed E-state index contributed by atoms with van der Waals surface area (Å²) in [6, 6.07) is 6.33. The topological polar surface area (TPSA) is 110 Å². The Labute approximate surface area is 165 Å². The van der Waals surface area contributed by atoms with Gasteiger partial charge in [0.15, 0.2) is 5.78 Å². The fourth-order valence-corrected chi connectivity index (χ4v) is 2.43. The van der Waals surface area contributed by atoms with Crippen molar-refractivity contribution in [1.82, 2.24) is 0 Å². The lowest BCUT2D eigenvalue weighted by molar-refractivity contribution is -0.144. The molecule has 0 bridgehead atoms. The van der Waals surface area contributed by atoms with Crippen LogP contribution >= 0.6 is 0 Å². The zero-order valence-corrected chi connectivity index (χ0v) is 16.7. The van der Waals surface area contributed by atoms with Gasteiger partial charge in [0.05, 0.1) is 6.42 Å². The number of carboxylic acid groups (broad SMARTS) is 1. The van der Waals surface area contributed by atoms with Crippen LogP contribution in [-0.4, -0.2) is 46.2 Å². The molecule has 0 amide bonds. The highest BCUT2D eigenvalue weighted by atomic mass is 16.6. The summed E-state index contributed by atoms with van der Waals surface area (Å²) >= 11 is 0. The van der Waals surface area contributed by atoms with Gasteiger partial charge in [-0.05, 0) is 50.5 Å². The van der Waals surface area contributed by atoms with E-state index in [2.05, 4.69) is 6.58 Å². The highest BCUT2D eigenvalue weighted by Crippen LogP contribution is 2.20. The fraction of sp³-hybridized carbons (Fsp3) is 0.476. The SMILES string of the molecule is C=C(CC(=O)O)C(=O)OCC(CC(C)C)Oc1ccc(C(=O)C(C)(C)O)cc1. The van der Waals surface area contributed by atoms with Crippen LogP contribution in [0.4, 0.5) is 0 Å². The zero-order chi connectivity index (χ0) is 21.5. The predicted octanol–water partition coefficient (Wildman–Crippen LogP) is 3.01. The largest absolute Gasteiger partial charge is 0.487 e. The number of carbonyl (C=O) groups excluding carboxylic acids is 2. The summed E-state index contributed by atoms with van der Waals surface area (Å²) in [5.74, 6) is -1.58. The standard InChI is InChI=1S/C21H28O7/c1-13(2)10-17(12-27-20(25)14(3)11-18(22)23)28-16-8-6-15(7-9-16)19(24)21(4,5)26/h6-9,13,17,26H,3,10-12H2,1-2,4-5H3,(H,22,23). The van der Waals surface area contributed by atoms with E-state index >= 15 is 0 Å². The van der Waals surface area contributed by atoms with E-state index in [1.807, 2.05) is 13.8 Å². The molecule has 0 saturated heterocycles. The number of benzene rings is 1. The molecule has 0 aliphatic carbocycles. The van der Waals surface area contributed by atoms with Gasteiger partial charge < -0.3 is 19.7 Å². The Hall–Kier alpha value is -2.67. The average Bonchev–Trinajstić information content (AvgIpc) is 2.57. The Kier molecular flexibility index (Phi) is 8.37. The van der Waals surface area contributed by atoms with Crippen LogP contribution in [0.25, 0.3) is 0 Å². The molecule has 154 valence electrons. The molecular weight excluding hydrogens is 364 g/mol. The van der Waals surface area contributed by atoms with Gasteiger partial charge in [-0.15, -0.1) is 0 Å². The Morgan fingerprint density at radius 3 is 2.18 bits per heavy atom. The van der Waals surface area contributed by atoms with Gasteiger partial charge in [0.1, 0.15) is 24.1 Å². The quantitative estimate of drug-likeness (QED) is 0.338. The lowest BCUT2D eigenvalue weighted by atomic mass is 9.97. The van der Waals surface area contributed by atoms with Crippen molar-refractivity contribution in [2.24, 2.45) is 5.92 Å². The summed E-state index contributed by atoms with van der Waals surface area (Å²) in [6.07, 6.45) is -0.328. The summed E-state index contributed by atoms with van der Waals surface area (Å²) < 4.78 is 11.0. The van der Waals surface area contributed by atoms with Crippen molar-refractivity contribution in [3.05, 3.63) is 42.0 Å². The summed E-state index contributed by atoms with van der Waals surface area (Å²) in [7, 11) is 0. The molecule has 1 unspecified atom stereocenters. The van der Waals surface area contributed by atoms with Gasteiger partial charge in [0, 0.05) is 11.1 Å². The number of Topliss-reactive ketones (excluding diaryl/α,β-unsaturated/α-hetero) is 1. The van der Waals surface area contributed by atoms with Gasteiger partial charge >= 0.3 is 11.9 Å². The molecule has 0 aromatic heterocycles. The van der Waals surface area contributed by atoms with Crippen molar-refractivity contribution in [3.8, 4) is 5.75 Å². The van der Waals surface area contributed by atoms with Crippen molar-refractivity contribution >= 4 is 17.7 Å². The van der Waals surface area contributed by atoms with Crippen molar-refractivity contribution in [2.75, 3.05) is 6.61 Å². The first-order valence-corrected chi connectivity index (χ1v) is 9.00. The van der Waals surface area contributed by atoms with E-state index in [1.165, 1.54) is 13.8 Å². The van der Waals surface area contributed by atoms with Crippen LogP contribution in [0.3, 0.4) is 0 Å². The van der Waals surface area contributed by atoms with Crippen LogP contribution in [0.5, 0.6) is 5.75 Å². The second kappa shape index (κ2) is 10.0. The Morgan fingerprint density at radius 1 is 1.14 bits per heavy atom. The first kappa shape index (κ1) is 23.4. The molecule has 0 aliphatic heterocycles. The molecule has 7 heteroatoms. The van der Waals surface area contributed by atoms with Gasteiger partial charge in [-0.3, -0.25) is 9.59 Å². The normalized spacial score (nSPS) is 12.4. The van der Waals surface area contributed by atoms with Gasteiger partial charge in [0.2, 0.25) is 0 Å². The molecule has 2 N–H and O–H groups in total. The number of ether oxygens (including phenoxy) is 2. The predicted molar refractivity (Wildman–Crippen MR) is 103 cm³/mol. The minimum absolute atomic E-state index is 0.0556. The molecular formula is C21H28O7. The van der Waals surface area contributed by atoms with E-state index in [9.17, 15) is 19.5 Å². The summed E-state index contributed by atoms with van der Waals surface area (Å²) in [4.78, 5) is 34.5. The molecule has 0 spiro atoms. The van der Waals surface area contributed by atoms with Crippen LogP contribution in [0.2, 0.25) is 0 Å². The number of esters is 1. The van der Waals surface area contributed by atoms with E-state index in [-0.39, 0.29) is 18.1 Å². The molecule has 0 radical (unpaired) electrons. The number of carboxylic acids is 1. The lowest BCUT2D eigenvalue weighted by Crippen LogP contribution is -2.31. The van der Waals surface area contributed by atoms with Crippen LogP contribution in [0.1, 0.15) is 50.9 Å². The summed E-state index contributed by atoms with van der Waals surface area (Å²) in [5, 5.41) is 18.5. The maximum atomic E-state index is 12.1. The molecule has 1 aromatic rings. The molecule has 0 fully saturated rings. The van der Waals surface area contributed by atoms with Crippen LogP contribution in [-0.2, 0) is 14.3 Å². The van der Waals surface area contributed by atoms with Crippen LogP contribution in [0.15, 0.2) is 36.4 Å². The maximum absolute atomic E-state index is 12.1. The molecule has 0 heterocycles. The molecule has 1 aromatic carbocycles. The number of rotatable bonds is 11. The number of aliphatic carboxylic acids is 1. The molecule has 28 heavy (non-hydrogen) atoms. The van der Waals surface area contributed by atoms with Crippen molar-refractivity contribution in [2.45, 2.75) is 52.2 Å². The minimum Gasteiger partial charge on any atom is -0.487 e. The number of hydrogen-bond acceptors (Lipinski definition) is 6. The summed E-state index contributed by atoms with van der Waals surface area (Å²) in [6.45, 7) is 10.2. The van der Waals surface area contributed by atoms with Gasteiger partial charge in [0.25, 0.3) is 0 Å². The maximum Gasteiger partial charge on any atom is 0.334 e. The Bertz CT molecular complexity index is 711. The smallest absolute Gasteiger partial charge is 0.334 e. The number of carbonyl (C=O) groups is 3. The highest BCUT2D eigenvalue weighted by molar-refractivity contribution is 6.01. The van der Waals surface area contributed by atoms with Gasteiger partial charge in [-0.2, -0.15) is 0 Å². The van der Waals surface area contributed by atoms with Crippen molar-refractivity contribution in [3.63, 3.8) is 0 Å². The molecule has 1 rings (SSSR count). The average molecular weight is 392 g/mol. The van der Waals surface area contributed by atoms with E-state index < -0.39 is 35.8 Å². The van der Waals surface area contributed by atoms with E-state index in [0.717, 1.165) is 0 Å². The number of hydrogen-bond donors (Lipinski definition) is 2. The molecule has 0 saturated carbocycles. The van der Waals surface area contributed by atoms with Crippen molar-refractivity contribution < 1.29 is 34.1 Å². The fourth-order valence-electron chi connectivity index (χ4n) is 2.43. The zero-order valence-electron chi connectivity index (χ0n) is 16.7.